The van der Waals surface area contributed by atoms with Crippen molar-refractivity contribution < 1.29 is 9.90 Å². The maximum absolute atomic E-state index is 10.9. The molecule has 2 N–H and O–H groups in total. The summed E-state index contributed by atoms with van der Waals surface area (Å²) < 4.78 is 0. The number of carbonyl (C=O) groups is 1. The predicted molar refractivity (Wildman–Crippen MR) is 81.2 cm³/mol. The van der Waals surface area contributed by atoms with Gasteiger partial charge in [-0.05, 0) is 34.2 Å². The third-order valence-corrected chi connectivity index (χ3v) is 4.82. The van der Waals surface area contributed by atoms with Crippen molar-refractivity contribution in [3.05, 3.63) is 48.0 Å². The molecule has 2 aromatic rings. The van der Waals surface area contributed by atoms with Crippen LogP contribution in [0.2, 0.25) is 0 Å². The predicted octanol–water partition coefficient (Wildman–Crippen LogP) is 2.54. The van der Waals surface area contributed by atoms with Crippen LogP contribution in [-0.2, 0) is 6.54 Å². The van der Waals surface area contributed by atoms with Crippen LogP contribution in [0.5, 0.6) is 0 Å². The summed E-state index contributed by atoms with van der Waals surface area (Å²) in [5.41, 5.74) is 1.29. The number of nitrogens with zero attached hydrogens (tertiary/aromatic N) is 1. The van der Waals surface area contributed by atoms with Crippen LogP contribution >= 0.6 is 0 Å². The topological polar surface area (TPSA) is 52.6 Å². The zero-order valence-electron chi connectivity index (χ0n) is 11.7. The Morgan fingerprint density at radius 1 is 1.14 bits per heavy atom. The second-order valence-corrected chi connectivity index (χ2v) is 6.10. The van der Waals surface area contributed by atoms with E-state index < -0.39 is 6.09 Å². The van der Waals surface area contributed by atoms with Crippen LogP contribution in [0.1, 0.15) is 5.56 Å². The van der Waals surface area contributed by atoms with Gasteiger partial charge < -0.3 is 15.3 Å². The van der Waals surface area contributed by atoms with Gasteiger partial charge >= 0.3 is 6.09 Å². The molecule has 0 bridgehead atoms. The van der Waals surface area contributed by atoms with Gasteiger partial charge in [-0.25, -0.2) is 4.79 Å². The van der Waals surface area contributed by atoms with E-state index in [-0.39, 0.29) is 0 Å². The highest BCUT2D eigenvalue weighted by molar-refractivity contribution is 5.82. The molecule has 1 amide bonds. The van der Waals surface area contributed by atoms with Crippen molar-refractivity contribution in [1.82, 2.24) is 10.2 Å². The SMILES string of the molecule is O=C(O)N1CC2C(C1)C2NCc1ccc2ccccc2c1. The highest BCUT2D eigenvalue weighted by Crippen LogP contribution is 2.45. The molecular weight excluding hydrogens is 264 g/mol. The Hall–Kier alpha value is -2.07. The average molecular weight is 282 g/mol. The molecule has 1 saturated carbocycles. The maximum atomic E-state index is 10.9. The molecule has 1 aliphatic heterocycles. The van der Waals surface area contributed by atoms with E-state index in [0.717, 1.165) is 6.54 Å². The summed E-state index contributed by atoms with van der Waals surface area (Å²) in [7, 11) is 0. The van der Waals surface area contributed by atoms with E-state index in [1.165, 1.54) is 21.2 Å². The minimum atomic E-state index is -0.782. The van der Waals surface area contributed by atoms with Gasteiger partial charge in [0.15, 0.2) is 0 Å². The molecule has 1 heterocycles. The van der Waals surface area contributed by atoms with E-state index in [1.54, 1.807) is 0 Å². The number of amides is 1. The zero-order valence-corrected chi connectivity index (χ0v) is 11.7. The molecule has 2 aromatic carbocycles. The Kier molecular flexibility index (Phi) is 2.86. The first-order valence-corrected chi connectivity index (χ1v) is 7.41. The van der Waals surface area contributed by atoms with Crippen molar-refractivity contribution in [1.29, 1.82) is 0 Å². The van der Waals surface area contributed by atoms with Crippen LogP contribution in [0.25, 0.3) is 10.8 Å². The van der Waals surface area contributed by atoms with Gasteiger partial charge in [0.05, 0.1) is 0 Å². The Bertz CT molecular complexity index is 688. The molecule has 4 nitrogen and oxygen atoms in total. The lowest BCUT2D eigenvalue weighted by atomic mass is 10.1. The van der Waals surface area contributed by atoms with Crippen LogP contribution < -0.4 is 5.32 Å². The third-order valence-electron chi connectivity index (χ3n) is 4.82. The Morgan fingerprint density at radius 3 is 2.57 bits per heavy atom. The van der Waals surface area contributed by atoms with Crippen molar-refractivity contribution in [3.8, 4) is 0 Å². The van der Waals surface area contributed by atoms with E-state index in [1.807, 2.05) is 0 Å². The quantitative estimate of drug-likeness (QED) is 0.909. The van der Waals surface area contributed by atoms with Crippen molar-refractivity contribution in [3.63, 3.8) is 0 Å². The summed E-state index contributed by atoms with van der Waals surface area (Å²) in [6.07, 6.45) is -0.782. The summed E-state index contributed by atoms with van der Waals surface area (Å²) in [6, 6.07) is 15.4. The van der Waals surface area contributed by atoms with Crippen molar-refractivity contribution in [2.45, 2.75) is 12.6 Å². The fourth-order valence-electron chi connectivity index (χ4n) is 3.57. The van der Waals surface area contributed by atoms with E-state index >= 15 is 0 Å². The minimum Gasteiger partial charge on any atom is -0.465 e. The van der Waals surface area contributed by atoms with Crippen molar-refractivity contribution >= 4 is 16.9 Å². The molecule has 0 aromatic heterocycles. The molecule has 2 unspecified atom stereocenters. The van der Waals surface area contributed by atoms with Gasteiger partial charge in [0, 0.05) is 25.7 Å². The van der Waals surface area contributed by atoms with Gasteiger partial charge in [0.25, 0.3) is 0 Å². The number of piperidine rings is 1. The number of likely N-dealkylation sites (tertiary alicyclic amines) is 1. The monoisotopic (exact) mass is 282 g/mol. The summed E-state index contributed by atoms with van der Waals surface area (Å²) in [5.74, 6) is 1.03. The highest BCUT2D eigenvalue weighted by Gasteiger charge is 2.56. The second kappa shape index (κ2) is 4.74. The summed E-state index contributed by atoms with van der Waals surface area (Å²) >= 11 is 0. The Labute approximate surface area is 123 Å². The van der Waals surface area contributed by atoms with Gasteiger partial charge in [0.2, 0.25) is 0 Å². The number of rotatable bonds is 3. The lowest BCUT2D eigenvalue weighted by Crippen LogP contribution is -2.34. The third kappa shape index (κ3) is 2.25. The number of benzene rings is 2. The smallest absolute Gasteiger partial charge is 0.407 e. The number of hydrogen-bond acceptors (Lipinski definition) is 2. The molecule has 2 fully saturated rings. The summed E-state index contributed by atoms with van der Waals surface area (Å²) in [4.78, 5) is 12.4. The van der Waals surface area contributed by atoms with Gasteiger partial charge in [-0.3, -0.25) is 0 Å². The molecule has 0 radical (unpaired) electrons. The standard InChI is InChI=1S/C17H18N2O2/c20-17(21)19-9-14-15(10-19)16(14)18-8-11-5-6-12-3-1-2-4-13(12)7-11/h1-7,14-16,18H,8-10H2,(H,20,21). The fraction of sp³-hybridized carbons (Fsp3) is 0.353. The van der Waals surface area contributed by atoms with Gasteiger partial charge in [0.1, 0.15) is 0 Å². The Balaban J connectivity index is 1.37. The van der Waals surface area contributed by atoms with E-state index in [4.69, 9.17) is 5.11 Å². The van der Waals surface area contributed by atoms with Gasteiger partial charge in [-0.2, -0.15) is 0 Å². The molecule has 4 heteroatoms. The average Bonchev–Trinajstić information content (AvgIpc) is 2.94. The second-order valence-electron chi connectivity index (χ2n) is 6.10. The maximum Gasteiger partial charge on any atom is 0.407 e. The number of nitrogens with one attached hydrogen (secondary N) is 1. The van der Waals surface area contributed by atoms with Crippen LogP contribution in [-0.4, -0.2) is 35.2 Å². The van der Waals surface area contributed by atoms with Crippen LogP contribution in [0.4, 0.5) is 4.79 Å². The minimum absolute atomic E-state index is 0.493. The molecule has 2 aliphatic rings. The first-order chi connectivity index (χ1) is 10.2. The molecule has 1 aliphatic carbocycles. The number of hydrogen-bond donors (Lipinski definition) is 2. The van der Waals surface area contributed by atoms with E-state index in [2.05, 4.69) is 47.8 Å². The molecule has 2 atom stereocenters. The molecule has 21 heavy (non-hydrogen) atoms. The van der Waals surface area contributed by atoms with Crippen LogP contribution in [0, 0.1) is 11.8 Å². The summed E-state index contributed by atoms with van der Waals surface area (Å²) in [6.45, 7) is 2.24. The molecule has 0 spiro atoms. The lowest BCUT2D eigenvalue weighted by molar-refractivity contribution is 0.149. The Morgan fingerprint density at radius 2 is 1.86 bits per heavy atom. The highest BCUT2D eigenvalue weighted by atomic mass is 16.4. The molecule has 1 saturated heterocycles. The van der Waals surface area contributed by atoms with Gasteiger partial charge in [-0.1, -0.05) is 36.4 Å². The van der Waals surface area contributed by atoms with Crippen LogP contribution in [0.3, 0.4) is 0 Å². The molecule has 4 rings (SSSR count). The fourth-order valence-corrected chi connectivity index (χ4v) is 3.57. The first-order valence-electron chi connectivity index (χ1n) is 7.41. The summed E-state index contributed by atoms with van der Waals surface area (Å²) in [5, 5.41) is 15.1. The molecule has 108 valence electrons. The molecular formula is C17H18N2O2. The van der Waals surface area contributed by atoms with Crippen molar-refractivity contribution in [2.24, 2.45) is 11.8 Å². The number of carboxylic acid groups (broad SMARTS) is 1. The van der Waals surface area contributed by atoms with E-state index in [0.29, 0.717) is 31.0 Å². The van der Waals surface area contributed by atoms with Crippen LogP contribution in [0.15, 0.2) is 42.5 Å². The normalized spacial score (nSPS) is 26.9. The van der Waals surface area contributed by atoms with Gasteiger partial charge in [-0.15, -0.1) is 0 Å². The number of fused-ring (bicyclic) bond motifs is 2. The first kappa shape index (κ1) is 12.7. The zero-order chi connectivity index (χ0) is 14.4. The van der Waals surface area contributed by atoms with Crippen molar-refractivity contribution in [2.75, 3.05) is 13.1 Å². The lowest BCUT2D eigenvalue weighted by Gasteiger charge is -2.16. The largest absolute Gasteiger partial charge is 0.465 e. The van der Waals surface area contributed by atoms with E-state index in [9.17, 15) is 4.79 Å².